The summed E-state index contributed by atoms with van der Waals surface area (Å²) in [4.78, 5) is 23.8. The first-order valence-corrected chi connectivity index (χ1v) is 18.3. The van der Waals surface area contributed by atoms with Gasteiger partial charge in [0.2, 0.25) is 11.8 Å². The molecule has 0 amide bonds. The molecule has 0 aromatic carbocycles. The molecule has 9 nitrogen and oxygen atoms in total. The van der Waals surface area contributed by atoms with Crippen molar-refractivity contribution in [3.8, 4) is 17.1 Å². The number of sulfone groups is 1. The Kier molecular flexibility index (Phi) is 8.73. The number of thiophene rings is 1. The van der Waals surface area contributed by atoms with E-state index >= 15 is 0 Å². The van der Waals surface area contributed by atoms with Gasteiger partial charge >= 0.3 is 0 Å². The third-order valence-electron chi connectivity index (χ3n) is 9.28. The van der Waals surface area contributed by atoms with Crippen LogP contribution in [0.5, 0.6) is 5.88 Å². The molecule has 11 heteroatoms. The van der Waals surface area contributed by atoms with Crippen LogP contribution >= 0.6 is 11.3 Å². The highest BCUT2D eigenvalue weighted by Gasteiger charge is 2.31. The van der Waals surface area contributed by atoms with Crippen molar-refractivity contribution in [1.29, 1.82) is 0 Å². The zero-order valence-electron chi connectivity index (χ0n) is 25.4. The van der Waals surface area contributed by atoms with Gasteiger partial charge in [-0.05, 0) is 84.5 Å². The van der Waals surface area contributed by atoms with Crippen molar-refractivity contribution < 1.29 is 13.2 Å². The van der Waals surface area contributed by atoms with E-state index in [4.69, 9.17) is 14.7 Å². The van der Waals surface area contributed by atoms with Crippen molar-refractivity contribution in [3.05, 3.63) is 28.3 Å². The predicted octanol–water partition coefficient (Wildman–Crippen LogP) is 5.05. The van der Waals surface area contributed by atoms with E-state index in [0.717, 1.165) is 79.0 Å². The number of likely N-dealkylation sites (tertiary alicyclic amines) is 2. The van der Waals surface area contributed by atoms with Crippen LogP contribution in [0.1, 0.15) is 67.9 Å². The normalized spacial score (nSPS) is 21.4. The SMILES string of the molecule is COc1ncc(-c2nc(N3CCCCC3)nc3c(CN4CCC(N5CCC[C@@H]5C)CC4)c(C)sc23)cc1CS(C)(=O)=O. The van der Waals surface area contributed by atoms with Crippen LogP contribution in [-0.4, -0.2) is 91.3 Å². The molecule has 6 rings (SSSR count). The van der Waals surface area contributed by atoms with E-state index in [1.165, 1.54) is 62.5 Å². The number of fused-ring (bicyclic) bond motifs is 1. The summed E-state index contributed by atoms with van der Waals surface area (Å²) in [6.45, 7) is 10.9. The van der Waals surface area contributed by atoms with Crippen molar-refractivity contribution in [1.82, 2.24) is 24.8 Å². The monoisotopic (exact) mass is 612 g/mol. The Bertz CT molecular complexity index is 1530. The predicted molar refractivity (Wildman–Crippen MR) is 170 cm³/mol. The third kappa shape index (κ3) is 6.30. The number of methoxy groups -OCH3 is 1. The summed E-state index contributed by atoms with van der Waals surface area (Å²) in [5.41, 5.74) is 4.49. The van der Waals surface area contributed by atoms with Gasteiger partial charge in [-0.15, -0.1) is 11.3 Å². The molecule has 3 aromatic heterocycles. The molecule has 3 saturated heterocycles. The molecular weight excluding hydrogens is 569 g/mol. The van der Waals surface area contributed by atoms with Crippen molar-refractivity contribution in [2.45, 2.75) is 83.2 Å². The Morgan fingerprint density at radius 2 is 1.79 bits per heavy atom. The van der Waals surface area contributed by atoms with E-state index in [1.54, 1.807) is 17.5 Å². The van der Waals surface area contributed by atoms with Crippen LogP contribution in [-0.2, 0) is 22.1 Å². The molecule has 3 aromatic rings. The van der Waals surface area contributed by atoms with Gasteiger partial charge in [0.25, 0.3) is 0 Å². The molecule has 42 heavy (non-hydrogen) atoms. The second-order valence-electron chi connectivity index (χ2n) is 12.4. The van der Waals surface area contributed by atoms with Gasteiger partial charge in [-0.3, -0.25) is 9.80 Å². The minimum Gasteiger partial charge on any atom is -0.481 e. The van der Waals surface area contributed by atoms with Crippen LogP contribution in [0.15, 0.2) is 12.3 Å². The van der Waals surface area contributed by atoms with Crippen LogP contribution in [0.4, 0.5) is 5.95 Å². The first-order chi connectivity index (χ1) is 20.2. The van der Waals surface area contributed by atoms with Gasteiger partial charge in [-0.1, -0.05) is 0 Å². The molecule has 0 N–H and O–H groups in total. The van der Waals surface area contributed by atoms with Crippen LogP contribution in [0.2, 0.25) is 0 Å². The smallest absolute Gasteiger partial charge is 0.226 e. The van der Waals surface area contributed by atoms with E-state index in [2.05, 4.69) is 33.5 Å². The first-order valence-electron chi connectivity index (χ1n) is 15.4. The number of ether oxygens (including phenoxy) is 1. The molecule has 0 aliphatic carbocycles. The van der Waals surface area contributed by atoms with Crippen LogP contribution in [0.25, 0.3) is 21.5 Å². The quantitative estimate of drug-likeness (QED) is 0.346. The van der Waals surface area contributed by atoms with Gasteiger partial charge in [-0.25, -0.2) is 23.4 Å². The Balaban J connectivity index is 1.36. The molecule has 228 valence electrons. The molecule has 0 spiro atoms. The highest BCUT2D eigenvalue weighted by atomic mass is 32.2. The van der Waals surface area contributed by atoms with Gasteiger partial charge < -0.3 is 9.64 Å². The second-order valence-corrected chi connectivity index (χ2v) is 15.8. The number of anilines is 1. The molecule has 0 saturated carbocycles. The number of aromatic nitrogens is 3. The lowest BCUT2D eigenvalue weighted by Gasteiger charge is -2.38. The minimum absolute atomic E-state index is 0.134. The molecule has 1 atom stereocenters. The summed E-state index contributed by atoms with van der Waals surface area (Å²) in [5, 5.41) is 0. The average Bonchev–Trinajstić information content (AvgIpc) is 3.54. The minimum atomic E-state index is -3.28. The summed E-state index contributed by atoms with van der Waals surface area (Å²) in [6.07, 6.45) is 11.6. The molecule has 3 aliphatic rings. The lowest BCUT2D eigenvalue weighted by atomic mass is 10.0. The van der Waals surface area contributed by atoms with Gasteiger partial charge in [0, 0.05) is 65.7 Å². The maximum atomic E-state index is 12.2. The fraction of sp³-hybridized carbons (Fsp3) is 0.645. The van der Waals surface area contributed by atoms with Crippen LogP contribution in [0, 0.1) is 6.92 Å². The van der Waals surface area contributed by atoms with E-state index in [9.17, 15) is 8.42 Å². The van der Waals surface area contributed by atoms with E-state index in [0.29, 0.717) is 17.5 Å². The second kappa shape index (κ2) is 12.3. The summed E-state index contributed by atoms with van der Waals surface area (Å²) < 4.78 is 30.9. The van der Waals surface area contributed by atoms with Crippen molar-refractivity contribution >= 4 is 37.3 Å². The molecule has 3 aliphatic heterocycles. The van der Waals surface area contributed by atoms with Gasteiger partial charge in [0.1, 0.15) is 0 Å². The fourth-order valence-electron chi connectivity index (χ4n) is 7.07. The zero-order chi connectivity index (χ0) is 29.4. The molecule has 0 unspecified atom stereocenters. The van der Waals surface area contributed by atoms with Crippen molar-refractivity contribution in [2.24, 2.45) is 0 Å². The van der Waals surface area contributed by atoms with Crippen LogP contribution < -0.4 is 9.64 Å². The van der Waals surface area contributed by atoms with E-state index in [-0.39, 0.29) is 5.75 Å². The Labute approximate surface area is 254 Å². The summed E-state index contributed by atoms with van der Waals surface area (Å²) in [6, 6.07) is 3.31. The standard InChI is InChI=1S/C31H44N6O3S2/c1-21-9-8-14-37(21)25-10-15-35(16-11-25)19-26-22(2)41-29-27(33-31(34-28(26)29)36-12-6-5-7-13-36)23-17-24(20-42(4,38)39)30(40-3)32-18-23/h17-18,21,25H,5-16,19-20H2,1-4H3/t21-/m0/s1. The lowest BCUT2D eigenvalue weighted by Crippen LogP contribution is -2.45. The molecule has 3 fully saturated rings. The van der Waals surface area contributed by atoms with Crippen molar-refractivity contribution in [3.63, 3.8) is 0 Å². The lowest BCUT2D eigenvalue weighted by molar-refractivity contribution is 0.100. The Morgan fingerprint density at radius 1 is 1.02 bits per heavy atom. The Hall–Kier alpha value is -2.34. The highest BCUT2D eigenvalue weighted by Crippen LogP contribution is 2.39. The zero-order valence-corrected chi connectivity index (χ0v) is 27.1. The number of hydrogen-bond donors (Lipinski definition) is 0. The Morgan fingerprint density at radius 3 is 2.45 bits per heavy atom. The number of pyridine rings is 1. The first kappa shape index (κ1) is 29.7. The number of piperidine rings is 2. The summed E-state index contributed by atoms with van der Waals surface area (Å²) in [7, 11) is -1.75. The summed E-state index contributed by atoms with van der Waals surface area (Å²) in [5.74, 6) is 0.962. The molecule has 0 bridgehead atoms. The van der Waals surface area contributed by atoms with Crippen LogP contribution in [0.3, 0.4) is 0 Å². The summed E-state index contributed by atoms with van der Waals surface area (Å²) >= 11 is 1.74. The van der Waals surface area contributed by atoms with Crippen molar-refractivity contribution in [2.75, 3.05) is 51.0 Å². The third-order valence-corrected chi connectivity index (χ3v) is 11.3. The number of rotatable bonds is 8. The van der Waals surface area contributed by atoms with Gasteiger partial charge in [0.15, 0.2) is 9.84 Å². The average molecular weight is 613 g/mol. The number of aryl methyl sites for hydroxylation is 1. The topological polar surface area (TPSA) is 91.8 Å². The molecular formula is C31H44N6O3S2. The molecule has 0 radical (unpaired) electrons. The maximum absolute atomic E-state index is 12.2. The largest absolute Gasteiger partial charge is 0.481 e. The maximum Gasteiger partial charge on any atom is 0.226 e. The van der Waals surface area contributed by atoms with E-state index < -0.39 is 9.84 Å². The number of hydrogen-bond acceptors (Lipinski definition) is 10. The highest BCUT2D eigenvalue weighted by molar-refractivity contribution is 7.89. The van der Waals surface area contributed by atoms with Gasteiger partial charge in [0.05, 0.1) is 28.8 Å². The van der Waals surface area contributed by atoms with Gasteiger partial charge in [-0.2, -0.15) is 0 Å². The fourth-order valence-corrected chi connectivity index (χ4v) is 8.95. The molecule has 6 heterocycles. The van der Waals surface area contributed by atoms with E-state index in [1.807, 2.05) is 6.07 Å². The number of nitrogens with zero attached hydrogens (tertiary/aromatic N) is 6.